The van der Waals surface area contributed by atoms with Crippen molar-refractivity contribution in [3.63, 3.8) is 0 Å². The number of pyridine rings is 1. The second kappa shape index (κ2) is 6.83. The van der Waals surface area contributed by atoms with Gasteiger partial charge in [0, 0.05) is 38.4 Å². The van der Waals surface area contributed by atoms with Crippen LogP contribution >= 0.6 is 11.6 Å². The number of hydrogen-bond acceptors (Lipinski definition) is 6. The van der Waals surface area contributed by atoms with E-state index in [2.05, 4.69) is 9.88 Å². The van der Waals surface area contributed by atoms with E-state index in [1.54, 1.807) is 0 Å². The maximum absolute atomic E-state index is 11.1. The third kappa shape index (κ3) is 3.56. The lowest BCUT2D eigenvalue weighted by Crippen LogP contribution is -2.33. The summed E-state index contributed by atoms with van der Waals surface area (Å²) in [5, 5.41) is 20.3. The molecule has 0 unspecified atom stereocenters. The van der Waals surface area contributed by atoms with Gasteiger partial charge in [-0.1, -0.05) is 11.6 Å². The molecule has 2 rings (SSSR count). The Hall–Kier alpha value is -1.44. The van der Waals surface area contributed by atoms with Gasteiger partial charge in [-0.15, -0.1) is 0 Å². The van der Waals surface area contributed by atoms with Crippen molar-refractivity contribution in [1.29, 1.82) is 0 Å². The molecule has 0 radical (unpaired) electrons. The van der Waals surface area contributed by atoms with Crippen LogP contribution < -0.4 is 4.90 Å². The molecule has 8 heteroatoms. The molecule has 0 aliphatic carbocycles. The minimum Gasteiger partial charge on any atom is -0.395 e. The predicted octanol–water partition coefficient (Wildman–Crippen LogP) is 1.15. The molecule has 0 amide bonds. The van der Waals surface area contributed by atoms with Crippen LogP contribution in [0.15, 0.2) is 12.3 Å². The van der Waals surface area contributed by atoms with E-state index in [4.69, 9.17) is 16.7 Å². The quantitative estimate of drug-likeness (QED) is 0.663. The zero-order valence-electron chi connectivity index (χ0n) is 11.0. The molecule has 1 fully saturated rings. The van der Waals surface area contributed by atoms with Crippen LogP contribution in [0, 0.1) is 10.1 Å². The van der Waals surface area contributed by atoms with Crippen molar-refractivity contribution in [3.05, 3.63) is 27.4 Å². The molecule has 1 N–H and O–H groups in total. The molecule has 0 spiro atoms. The van der Waals surface area contributed by atoms with Crippen LogP contribution in [0.4, 0.5) is 11.5 Å². The molecule has 1 aromatic heterocycles. The Morgan fingerprint density at radius 1 is 1.40 bits per heavy atom. The van der Waals surface area contributed by atoms with Crippen molar-refractivity contribution in [2.75, 3.05) is 44.2 Å². The van der Waals surface area contributed by atoms with Crippen LogP contribution in [-0.4, -0.2) is 59.2 Å². The highest BCUT2D eigenvalue weighted by atomic mass is 35.5. The van der Waals surface area contributed by atoms with Crippen LogP contribution in [-0.2, 0) is 0 Å². The molecule has 1 aliphatic rings. The van der Waals surface area contributed by atoms with E-state index in [1.165, 1.54) is 12.3 Å². The van der Waals surface area contributed by atoms with Gasteiger partial charge in [0.05, 0.1) is 16.6 Å². The van der Waals surface area contributed by atoms with Gasteiger partial charge in [0.1, 0.15) is 0 Å². The lowest BCUT2D eigenvalue weighted by atomic mass is 10.3. The van der Waals surface area contributed by atoms with Gasteiger partial charge in [0.2, 0.25) is 5.82 Å². The summed E-state index contributed by atoms with van der Waals surface area (Å²) in [6.45, 7) is 3.73. The minimum absolute atomic E-state index is 0.0619. The summed E-state index contributed by atoms with van der Waals surface area (Å²) in [7, 11) is 0. The molecule has 0 saturated carbocycles. The van der Waals surface area contributed by atoms with Crippen molar-refractivity contribution in [3.8, 4) is 0 Å². The average Bonchev–Trinajstić information content (AvgIpc) is 2.65. The van der Waals surface area contributed by atoms with Crippen molar-refractivity contribution >= 4 is 23.1 Å². The standard InChI is InChI=1S/C12H17ClN4O3/c13-10-8-11(17(19)20)12(14-9-10)16-3-1-2-15(4-5-16)6-7-18/h8-9,18H,1-7H2. The molecule has 20 heavy (non-hydrogen) atoms. The van der Waals surface area contributed by atoms with E-state index >= 15 is 0 Å². The van der Waals surface area contributed by atoms with E-state index in [0.717, 1.165) is 19.5 Å². The second-order valence-corrected chi connectivity index (χ2v) is 5.10. The summed E-state index contributed by atoms with van der Waals surface area (Å²) < 4.78 is 0. The topological polar surface area (TPSA) is 82.7 Å². The van der Waals surface area contributed by atoms with Crippen LogP contribution in [0.2, 0.25) is 5.02 Å². The first kappa shape index (κ1) is 15.0. The fourth-order valence-corrected chi connectivity index (χ4v) is 2.50. The number of β-amino-alcohol motifs (C(OH)–C–C–N with tert-alkyl or cyclic N) is 1. The number of aromatic nitrogens is 1. The summed E-state index contributed by atoms with van der Waals surface area (Å²) >= 11 is 5.77. The maximum Gasteiger partial charge on any atom is 0.313 e. The molecule has 2 heterocycles. The van der Waals surface area contributed by atoms with E-state index in [9.17, 15) is 10.1 Å². The summed E-state index contributed by atoms with van der Waals surface area (Å²) in [6, 6.07) is 1.33. The third-order valence-corrected chi connectivity index (χ3v) is 3.52. The van der Waals surface area contributed by atoms with Crippen molar-refractivity contribution in [2.24, 2.45) is 0 Å². The highest BCUT2D eigenvalue weighted by molar-refractivity contribution is 6.30. The van der Waals surface area contributed by atoms with Gasteiger partial charge in [-0.25, -0.2) is 4.98 Å². The fraction of sp³-hybridized carbons (Fsp3) is 0.583. The number of hydrogen-bond donors (Lipinski definition) is 1. The molecule has 1 aliphatic heterocycles. The first-order chi connectivity index (χ1) is 9.61. The lowest BCUT2D eigenvalue weighted by molar-refractivity contribution is -0.384. The van der Waals surface area contributed by atoms with Crippen LogP contribution in [0.5, 0.6) is 0 Å². The molecular formula is C12H17ClN4O3. The summed E-state index contributed by atoms with van der Waals surface area (Å²) in [6.07, 6.45) is 2.31. The van der Waals surface area contributed by atoms with Crippen molar-refractivity contribution in [1.82, 2.24) is 9.88 Å². The monoisotopic (exact) mass is 300 g/mol. The van der Waals surface area contributed by atoms with Crippen molar-refractivity contribution < 1.29 is 10.0 Å². The molecule has 0 atom stereocenters. The number of aliphatic hydroxyl groups is 1. The average molecular weight is 301 g/mol. The molecule has 1 aromatic rings. The van der Waals surface area contributed by atoms with Crippen LogP contribution in [0.1, 0.15) is 6.42 Å². The van der Waals surface area contributed by atoms with E-state index in [0.29, 0.717) is 25.5 Å². The van der Waals surface area contributed by atoms with Gasteiger partial charge in [-0.2, -0.15) is 0 Å². The molecule has 110 valence electrons. The van der Waals surface area contributed by atoms with Gasteiger partial charge < -0.3 is 10.0 Å². The molecule has 0 bridgehead atoms. The zero-order chi connectivity index (χ0) is 14.5. The fourth-order valence-electron chi connectivity index (χ4n) is 2.35. The van der Waals surface area contributed by atoms with E-state index in [-0.39, 0.29) is 17.3 Å². The predicted molar refractivity (Wildman–Crippen MR) is 76.3 cm³/mol. The number of nitro groups is 1. The first-order valence-corrected chi connectivity index (χ1v) is 6.87. The summed E-state index contributed by atoms with van der Waals surface area (Å²) in [5.74, 6) is 0.366. The molecular weight excluding hydrogens is 284 g/mol. The zero-order valence-corrected chi connectivity index (χ0v) is 11.8. The highest BCUT2D eigenvalue weighted by Gasteiger charge is 2.23. The van der Waals surface area contributed by atoms with Crippen LogP contribution in [0.3, 0.4) is 0 Å². The van der Waals surface area contributed by atoms with Crippen LogP contribution in [0.25, 0.3) is 0 Å². The van der Waals surface area contributed by atoms with E-state index in [1.807, 2.05) is 4.90 Å². The minimum atomic E-state index is -0.454. The summed E-state index contributed by atoms with van der Waals surface area (Å²) in [5.41, 5.74) is -0.0619. The Bertz CT molecular complexity index is 486. The number of halogens is 1. The van der Waals surface area contributed by atoms with Gasteiger partial charge in [0.15, 0.2) is 0 Å². The molecule has 0 aromatic carbocycles. The number of anilines is 1. The largest absolute Gasteiger partial charge is 0.395 e. The molecule has 7 nitrogen and oxygen atoms in total. The van der Waals surface area contributed by atoms with E-state index < -0.39 is 4.92 Å². The van der Waals surface area contributed by atoms with Gasteiger partial charge in [-0.05, 0) is 13.0 Å². The second-order valence-electron chi connectivity index (χ2n) is 4.66. The smallest absolute Gasteiger partial charge is 0.313 e. The Kier molecular flexibility index (Phi) is 5.11. The maximum atomic E-state index is 11.1. The van der Waals surface area contributed by atoms with Gasteiger partial charge in [0.25, 0.3) is 0 Å². The molecule has 1 saturated heterocycles. The Morgan fingerprint density at radius 3 is 2.90 bits per heavy atom. The summed E-state index contributed by atoms with van der Waals surface area (Å²) in [4.78, 5) is 18.8. The van der Waals surface area contributed by atoms with Gasteiger partial charge in [-0.3, -0.25) is 15.0 Å². The lowest BCUT2D eigenvalue weighted by Gasteiger charge is -2.22. The third-order valence-electron chi connectivity index (χ3n) is 3.31. The Balaban J connectivity index is 2.17. The van der Waals surface area contributed by atoms with Crippen molar-refractivity contribution in [2.45, 2.75) is 6.42 Å². The Morgan fingerprint density at radius 2 is 2.20 bits per heavy atom. The number of rotatable bonds is 4. The highest BCUT2D eigenvalue weighted by Crippen LogP contribution is 2.28. The number of nitrogens with zero attached hydrogens (tertiary/aromatic N) is 4. The van der Waals surface area contributed by atoms with Gasteiger partial charge >= 0.3 is 5.69 Å². The SMILES string of the molecule is O=[N+]([O-])c1cc(Cl)cnc1N1CCCN(CCO)CC1. The first-order valence-electron chi connectivity index (χ1n) is 6.50. The Labute approximate surface area is 121 Å². The number of aliphatic hydroxyl groups excluding tert-OH is 1. The normalized spacial score (nSPS) is 17.0.